The van der Waals surface area contributed by atoms with Crippen LogP contribution in [0.2, 0.25) is 0 Å². The first-order valence-corrected chi connectivity index (χ1v) is 19.6. The summed E-state index contributed by atoms with van der Waals surface area (Å²) in [6, 6.07) is 20.4. The van der Waals surface area contributed by atoms with Crippen LogP contribution in [0.4, 0.5) is 0 Å². The number of aliphatic hydroxyl groups excluding tert-OH is 2. The van der Waals surface area contributed by atoms with E-state index in [-0.39, 0.29) is 54.2 Å². The van der Waals surface area contributed by atoms with E-state index in [1.54, 1.807) is 23.9 Å². The van der Waals surface area contributed by atoms with Crippen LogP contribution in [0.25, 0.3) is 10.8 Å². The number of rotatable bonds is 15. The van der Waals surface area contributed by atoms with Crippen LogP contribution in [-0.2, 0) is 14.3 Å². The minimum absolute atomic E-state index is 0.0698. The van der Waals surface area contributed by atoms with Crippen molar-refractivity contribution >= 4 is 28.2 Å². The third kappa shape index (κ3) is 7.60. The Hall–Kier alpha value is -3.34. The molecule has 7 unspecified atom stereocenters. The maximum Gasteiger partial charge on any atom is 0.231 e. The molecule has 1 saturated carbocycles. The van der Waals surface area contributed by atoms with E-state index in [1.165, 1.54) is 10.8 Å². The largest absolute Gasteiger partial charge is 0.508 e. The number of ether oxygens (including phenoxy) is 3. The summed E-state index contributed by atoms with van der Waals surface area (Å²) in [6.45, 7) is 5.29. The van der Waals surface area contributed by atoms with Crippen LogP contribution in [-0.4, -0.2) is 64.8 Å². The number of phenolic OH excluding ortho intramolecular Hbond substituents is 1. The number of hydrogen-bond acceptors (Lipinski definition) is 9. The topological polar surface area (TPSA) is 110 Å². The van der Waals surface area contributed by atoms with Gasteiger partial charge in [0.1, 0.15) is 11.5 Å². The SMILES string of the molecule is C=CCOC12Oc3ccc(O)cc3C3C(CCCCO)C(CCCCO)C=C(C(=NOC4CCCCO4)CC1Sc1ccc4ccccc4c1)C32. The Morgan fingerprint density at radius 2 is 1.78 bits per heavy atom. The Balaban J connectivity index is 1.40. The number of hydrogen-bond donors (Lipinski definition) is 3. The van der Waals surface area contributed by atoms with Crippen molar-refractivity contribution in [2.75, 3.05) is 26.4 Å². The molecule has 2 heterocycles. The second-order valence-corrected chi connectivity index (χ2v) is 15.6. The van der Waals surface area contributed by atoms with Crippen molar-refractivity contribution in [2.24, 2.45) is 22.9 Å². The normalized spacial score (nSPS) is 29.1. The zero-order valence-corrected chi connectivity index (χ0v) is 30.1. The van der Waals surface area contributed by atoms with Gasteiger partial charge in [0.2, 0.25) is 12.1 Å². The Morgan fingerprint density at radius 1 is 0.961 bits per heavy atom. The van der Waals surface area contributed by atoms with Crippen molar-refractivity contribution in [2.45, 2.75) is 92.3 Å². The second kappa shape index (κ2) is 16.6. The third-order valence-electron chi connectivity index (χ3n) is 11.1. The van der Waals surface area contributed by atoms with E-state index in [4.69, 9.17) is 24.2 Å². The molecule has 3 N–H and O–H groups in total. The van der Waals surface area contributed by atoms with Crippen LogP contribution in [0.1, 0.15) is 75.7 Å². The van der Waals surface area contributed by atoms with Crippen molar-refractivity contribution in [1.82, 2.24) is 0 Å². The molecule has 3 aromatic carbocycles. The molecule has 8 nitrogen and oxygen atoms in total. The van der Waals surface area contributed by atoms with E-state index >= 15 is 0 Å². The molecule has 0 spiro atoms. The number of oxime groups is 1. The molecular weight excluding hydrogens is 663 g/mol. The average molecular weight is 714 g/mol. The van der Waals surface area contributed by atoms with Gasteiger partial charge in [0.15, 0.2) is 0 Å². The minimum Gasteiger partial charge on any atom is -0.508 e. The molecule has 2 fully saturated rings. The van der Waals surface area contributed by atoms with Crippen LogP contribution in [0.5, 0.6) is 11.5 Å². The van der Waals surface area contributed by atoms with Crippen LogP contribution >= 0.6 is 11.8 Å². The maximum atomic E-state index is 10.9. The fourth-order valence-corrected chi connectivity index (χ4v) is 10.1. The van der Waals surface area contributed by atoms with Crippen molar-refractivity contribution < 1.29 is 34.4 Å². The van der Waals surface area contributed by atoms with E-state index in [9.17, 15) is 15.3 Å². The van der Waals surface area contributed by atoms with E-state index in [0.29, 0.717) is 19.6 Å². The van der Waals surface area contributed by atoms with Crippen molar-refractivity contribution in [3.63, 3.8) is 0 Å². The Labute approximate surface area is 305 Å². The number of phenols is 1. The number of unbranched alkanes of at least 4 members (excludes halogenated alkanes) is 2. The Bertz CT molecular complexity index is 1720. The van der Waals surface area contributed by atoms with Crippen molar-refractivity contribution in [1.29, 1.82) is 0 Å². The Kier molecular flexibility index (Phi) is 11.7. The molecule has 9 heteroatoms. The van der Waals surface area contributed by atoms with Gasteiger partial charge < -0.3 is 34.4 Å². The molecule has 7 atom stereocenters. The van der Waals surface area contributed by atoms with Gasteiger partial charge in [0, 0.05) is 42.4 Å². The molecule has 4 aliphatic rings. The van der Waals surface area contributed by atoms with Gasteiger partial charge in [-0.25, -0.2) is 0 Å². The van der Waals surface area contributed by atoms with E-state index in [1.807, 2.05) is 12.1 Å². The fourth-order valence-electron chi connectivity index (χ4n) is 8.76. The molecular formula is C42H51NO7S. The van der Waals surface area contributed by atoms with Crippen LogP contribution in [0.15, 0.2) is 95.0 Å². The summed E-state index contributed by atoms with van der Waals surface area (Å²) in [6.07, 6.45) is 12.2. The summed E-state index contributed by atoms with van der Waals surface area (Å²) in [5.74, 6) is -0.149. The van der Waals surface area contributed by atoms with Gasteiger partial charge in [-0.05, 0) is 97.0 Å². The smallest absolute Gasteiger partial charge is 0.231 e. The molecule has 2 aliphatic heterocycles. The molecule has 0 bridgehead atoms. The highest BCUT2D eigenvalue weighted by Crippen LogP contribution is 2.63. The van der Waals surface area contributed by atoms with Gasteiger partial charge in [0.25, 0.3) is 0 Å². The van der Waals surface area contributed by atoms with Crippen LogP contribution in [0.3, 0.4) is 0 Å². The highest BCUT2D eigenvalue weighted by molar-refractivity contribution is 8.00. The molecule has 0 aromatic heterocycles. The van der Waals surface area contributed by atoms with Crippen molar-refractivity contribution in [3.8, 4) is 11.5 Å². The molecule has 2 aliphatic carbocycles. The molecule has 0 amide bonds. The van der Waals surface area contributed by atoms with Gasteiger partial charge in [-0.15, -0.1) is 18.3 Å². The molecule has 51 heavy (non-hydrogen) atoms. The zero-order valence-electron chi connectivity index (χ0n) is 29.3. The molecule has 7 rings (SSSR count). The number of nitrogens with zero attached hydrogens (tertiary/aromatic N) is 1. The molecule has 1 saturated heterocycles. The van der Waals surface area contributed by atoms with E-state index in [0.717, 1.165) is 85.3 Å². The molecule has 0 radical (unpaired) electrons. The minimum atomic E-state index is -1.09. The van der Waals surface area contributed by atoms with Gasteiger partial charge >= 0.3 is 0 Å². The van der Waals surface area contributed by atoms with Crippen LogP contribution < -0.4 is 4.74 Å². The Morgan fingerprint density at radius 3 is 2.57 bits per heavy atom. The summed E-state index contributed by atoms with van der Waals surface area (Å²) < 4.78 is 20.2. The van der Waals surface area contributed by atoms with Crippen molar-refractivity contribution in [3.05, 3.63) is 90.5 Å². The number of thioether (sulfide) groups is 1. The quantitative estimate of drug-likeness (QED) is 0.0818. The number of fused-ring (bicyclic) bond motifs is 3. The average Bonchev–Trinajstić information content (AvgIpc) is 3.15. The zero-order chi connectivity index (χ0) is 35.2. The first-order chi connectivity index (χ1) is 25.0. The lowest BCUT2D eigenvalue weighted by atomic mass is 9.56. The summed E-state index contributed by atoms with van der Waals surface area (Å²) in [4.78, 5) is 7.32. The lowest BCUT2D eigenvalue weighted by molar-refractivity contribution is -0.223. The van der Waals surface area contributed by atoms with Gasteiger partial charge in [-0.3, -0.25) is 0 Å². The predicted molar refractivity (Wildman–Crippen MR) is 201 cm³/mol. The number of aliphatic hydroxyl groups is 2. The fraction of sp³-hybridized carbons (Fsp3) is 0.500. The molecule has 3 aromatic rings. The first kappa shape index (κ1) is 36.0. The number of benzene rings is 3. The van der Waals surface area contributed by atoms with E-state index in [2.05, 4.69) is 55.1 Å². The summed E-state index contributed by atoms with van der Waals surface area (Å²) in [5.41, 5.74) is 2.91. The highest BCUT2D eigenvalue weighted by Gasteiger charge is 2.64. The summed E-state index contributed by atoms with van der Waals surface area (Å²) in [5, 5.41) is 37.5. The number of allylic oxidation sites excluding steroid dienone is 1. The lowest BCUT2D eigenvalue weighted by Crippen LogP contribution is -2.64. The standard InChI is InChI=1S/C42H51NO7S/c1-2-22-48-42-38(51-32-18-16-28-11-3-4-12-29(28)24-32)27-36(43-50-39-15-7-10-23-47-39)34-25-30(13-5-8-20-44)33(14-6-9-21-45)40(41(34)42)35-26-31(46)17-19-37(35)49-42/h2-4,11-12,16-19,24-26,30,33,38-41,44-46H,1,5-10,13-15,20-23,27H2. The monoisotopic (exact) mass is 713 g/mol. The second-order valence-electron chi connectivity index (χ2n) is 14.3. The van der Waals surface area contributed by atoms with E-state index < -0.39 is 5.79 Å². The number of aromatic hydroxyl groups is 1. The summed E-state index contributed by atoms with van der Waals surface area (Å²) in [7, 11) is 0. The highest BCUT2D eigenvalue weighted by atomic mass is 32.2. The predicted octanol–water partition coefficient (Wildman–Crippen LogP) is 8.50. The maximum absolute atomic E-state index is 10.9. The van der Waals surface area contributed by atoms with Gasteiger partial charge in [-0.2, -0.15) is 0 Å². The summed E-state index contributed by atoms with van der Waals surface area (Å²) >= 11 is 1.75. The third-order valence-corrected chi connectivity index (χ3v) is 12.4. The molecule has 272 valence electrons. The van der Waals surface area contributed by atoms with Gasteiger partial charge in [-0.1, -0.05) is 60.5 Å². The van der Waals surface area contributed by atoms with Crippen LogP contribution in [0, 0.1) is 17.8 Å². The first-order valence-electron chi connectivity index (χ1n) is 18.7. The van der Waals surface area contributed by atoms with Gasteiger partial charge in [0.05, 0.1) is 30.1 Å². The lowest BCUT2D eigenvalue weighted by Gasteiger charge is -2.58.